The van der Waals surface area contributed by atoms with Gasteiger partial charge in [-0.05, 0) is 31.0 Å². The molecule has 0 spiro atoms. The van der Waals surface area contributed by atoms with E-state index in [1.165, 1.54) is 0 Å². The smallest absolute Gasteiger partial charge is 0.262 e. The van der Waals surface area contributed by atoms with Gasteiger partial charge in [-0.3, -0.25) is 9.59 Å². The molecule has 0 radical (unpaired) electrons. The first-order chi connectivity index (χ1) is 9.69. The first-order valence-electron chi connectivity index (χ1n) is 6.67. The Hall–Kier alpha value is -2.08. The molecule has 20 heavy (non-hydrogen) atoms. The summed E-state index contributed by atoms with van der Waals surface area (Å²) in [4.78, 5) is 25.3. The van der Waals surface area contributed by atoms with Crippen molar-refractivity contribution in [2.75, 3.05) is 25.1 Å². The van der Waals surface area contributed by atoms with Crippen LogP contribution in [0.3, 0.4) is 0 Å². The minimum absolute atomic E-state index is 0.0107. The number of amides is 2. The van der Waals surface area contributed by atoms with Crippen molar-refractivity contribution in [2.45, 2.75) is 18.9 Å². The second-order valence-corrected chi connectivity index (χ2v) is 5.02. The van der Waals surface area contributed by atoms with Crippen LogP contribution in [0, 0.1) is 0 Å². The fourth-order valence-electron chi connectivity index (χ4n) is 2.67. The lowest BCUT2D eigenvalue weighted by Gasteiger charge is -2.24. The van der Waals surface area contributed by atoms with Gasteiger partial charge in [0.25, 0.3) is 11.8 Å². The van der Waals surface area contributed by atoms with Gasteiger partial charge in [0, 0.05) is 12.1 Å². The molecular formula is C14H16N2O4. The third-order valence-electron chi connectivity index (χ3n) is 3.71. The Bertz CT molecular complexity index is 558. The second-order valence-electron chi connectivity index (χ2n) is 5.02. The van der Waals surface area contributed by atoms with Crippen LogP contribution in [0.4, 0.5) is 5.69 Å². The fourth-order valence-corrected chi connectivity index (χ4v) is 2.67. The number of nitrogens with one attached hydrogen (secondary N) is 1. The number of aliphatic hydroxyl groups excluding tert-OH is 1. The molecule has 0 bridgehead atoms. The van der Waals surface area contributed by atoms with E-state index < -0.39 is 0 Å². The first kappa shape index (κ1) is 12.9. The molecule has 2 aliphatic rings. The van der Waals surface area contributed by atoms with E-state index in [4.69, 9.17) is 4.74 Å². The second kappa shape index (κ2) is 5.13. The summed E-state index contributed by atoms with van der Waals surface area (Å²) in [6.07, 6.45) is 1.74. The summed E-state index contributed by atoms with van der Waals surface area (Å²) in [6, 6.07) is 4.88. The van der Waals surface area contributed by atoms with E-state index in [2.05, 4.69) is 5.32 Å². The molecule has 1 atom stereocenters. The van der Waals surface area contributed by atoms with Crippen LogP contribution in [-0.4, -0.2) is 47.6 Å². The molecule has 3 rings (SSSR count). The number of rotatable bonds is 2. The Labute approximate surface area is 116 Å². The maximum absolute atomic E-state index is 12.4. The number of hydrogen-bond acceptors (Lipinski definition) is 4. The summed E-state index contributed by atoms with van der Waals surface area (Å²) in [5, 5.41) is 12.0. The van der Waals surface area contributed by atoms with Crippen LogP contribution in [0.2, 0.25) is 0 Å². The van der Waals surface area contributed by atoms with Crippen molar-refractivity contribution in [2.24, 2.45) is 0 Å². The van der Waals surface area contributed by atoms with Gasteiger partial charge < -0.3 is 20.1 Å². The maximum Gasteiger partial charge on any atom is 0.262 e. The lowest BCUT2D eigenvalue weighted by Crippen LogP contribution is -2.37. The van der Waals surface area contributed by atoms with Gasteiger partial charge >= 0.3 is 0 Å². The molecular weight excluding hydrogens is 260 g/mol. The topological polar surface area (TPSA) is 78.9 Å². The van der Waals surface area contributed by atoms with E-state index in [9.17, 15) is 14.7 Å². The molecule has 0 saturated carbocycles. The molecule has 6 nitrogen and oxygen atoms in total. The van der Waals surface area contributed by atoms with E-state index in [1.54, 1.807) is 23.1 Å². The number of hydrogen-bond donors (Lipinski definition) is 2. The quantitative estimate of drug-likeness (QED) is 0.829. The SMILES string of the molecule is O=C1COc2cc(C(=O)N3CCCC3CO)ccc2N1. The number of aliphatic hydroxyl groups is 1. The molecule has 1 fully saturated rings. The molecule has 0 aliphatic carbocycles. The minimum atomic E-state index is -0.198. The number of likely N-dealkylation sites (tertiary alicyclic amines) is 1. The molecule has 2 amide bonds. The first-order valence-corrected chi connectivity index (χ1v) is 6.67. The largest absolute Gasteiger partial charge is 0.482 e. The van der Waals surface area contributed by atoms with E-state index >= 15 is 0 Å². The number of nitrogens with zero attached hydrogens (tertiary/aromatic N) is 1. The average molecular weight is 276 g/mol. The number of anilines is 1. The number of fused-ring (bicyclic) bond motifs is 1. The zero-order valence-corrected chi connectivity index (χ0v) is 11.0. The Kier molecular flexibility index (Phi) is 3.31. The van der Waals surface area contributed by atoms with Crippen molar-refractivity contribution in [3.8, 4) is 5.75 Å². The van der Waals surface area contributed by atoms with E-state index in [0.717, 1.165) is 12.8 Å². The van der Waals surface area contributed by atoms with Crippen LogP contribution >= 0.6 is 0 Å². The van der Waals surface area contributed by atoms with Gasteiger partial charge in [0.05, 0.1) is 18.3 Å². The predicted octanol–water partition coefficient (Wildman–Crippen LogP) is 0.614. The zero-order valence-electron chi connectivity index (χ0n) is 11.0. The standard InChI is InChI=1S/C14H16N2O4/c17-7-10-2-1-5-16(10)14(19)9-3-4-11-12(6-9)20-8-13(18)15-11/h3-4,6,10,17H,1-2,5,7-8H2,(H,15,18). The summed E-state index contributed by atoms with van der Waals surface area (Å²) in [7, 11) is 0. The van der Waals surface area contributed by atoms with Crippen LogP contribution in [0.1, 0.15) is 23.2 Å². The van der Waals surface area contributed by atoms with Gasteiger partial charge in [0.15, 0.2) is 6.61 Å². The highest BCUT2D eigenvalue weighted by atomic mass is 16.5. The number of ether oxygens (including phenoxy) is 1. The summed E-state index contributed by atoms with van der Waals surface area (Å²) in [6.45, 7) is 0.621. The van der Waals surface area contributed by atoms with Crippen molar-refractivity contribution in [3.63, 3.8) is 0 Å². The summed E-state index contributed by atoms with van der Waals surface area (Å²) in [5.41, 5.74) is 1.10. The maximum atomic E-state index is 12.4. The molecule has 0 aromatic heterocycles. The normalized spacial score (nSPS) is 21.1. The van der Waals surface area contributed by atoms with Crippen LogP contribution in [0.25, 0.3) is 0 Å². The highest BCUT2D eigenvalue weighted by Gasteiger charge is 2.29. The van der Waals surface area contributed by atoms with Gasteiger partial charge in [-0.25, -0.2) is 0 Å². The summed E-state index contributed by atoms with van der Waals surface area (Å²) >= 11 is 0. The Morgan fingerprint density at radius 2 is 2.35 bits per heavy atom. The van der Waals surface area contributed by atoms with Crippen LogP contribution in [0.5, 0.6) is 5.75 Å². The monoisotopic (exact) mass is 276 g/mol. The fraction of sp³-hybridized carbons (Fsp3) is 0.429. The molecule has 2 N–H and O–H groups in total. The molecule has 1 unspecified atom stereocenters. The summed E-state index contributed by atoms with van der Waals surface area (Å²) < 4.78 is 5.31. The average Bonchev–Trinajstić information content (AvgIpc) is 2.94. The molecule has 106 valence electrons. The van der Waals surface area contributed by atoms with Crippen molar-refractivity contribution >= 4 is 17.5 Å². The Morgan fingerprint density at radius 1 is 1.50 bits per heavy atom. The van der Waals surface area contributed by atoms with Gasteiger partial charge in [-0.15, -0.1) is 0 Å². The van der Waals surface area contributed by atoms with Crippen molar-refractivity contribution in [1.29, 1.82) is 0 Å². The highest BCUT2D eigenvalue weighted by molar-refractivity contribution is 5.99. The van der Waals surface area contributed by atoms with E-state index in [1.807, 2.05) is 0 Å². The van der Waals surface area contributed by atoms with E-state index in [-0.39, 0.29) is 31.1 Å². The van der Waals surface area contributed by atoms with Gasteiger partial charge in [0.2, 0.25) is 0 Å². The van der Waals surface area contributed by atoms with Gasteiger partial charge in [-0.2, -0.15) is 0 Å². The lowest BCUT2D eigenvalue weighted by molar-refractivity contribution is -0.118. The number of benzene rings is 1. The van der Waals surface area contributed by atoms with Crippen molar-refractivity contribution in [1.82, 2.24) is 4.90 Å². The Morgan fingerprint density at radius 3 is 3.15 bits per heavy atom. The summed E-state index contributed by atoms with van der Waals surface area (Å²) in [5.74, 6) is 0.205. The minimum Gasteiger partial charge on any atom is -0.482 e. The molecule has 1 aromatic carbocycles. The number of carbonyl (C=O) groups is 2. The highest BCUT2D eigenvalue weighted by Crippen LogP contribution is 2.30. The van der Waals surface area contributed by atoms with Crippen LogP contribution in [-0.2, 0) is 4.79 Å². The van der Waals surface area contributed by atoms with Crippen LogP contribution < -0.4 is 10.1 Å². The molecule has 2 heterocycles. The van der Waals surface area contributed by atoms with Crippen molar-refractivity contribution < 1.29 is 19.4 Å². The Balaban J connectivity index is 1.84. The van der Waals surface area contributed by atoms with Crippen LogP contribution in [0.15, 0.2) is 18.2 Å². The van der Waals surface area contributed by atoms with Gasteiger partial charge in [-0.1, -0.05) is 0 Å². The molecule has 1 aromatic rings. The van der Waals surface area contributed by atoms with E-state index in [0.29, 0.717) is 23.5 Å². The van der Waals surface area contributed by atoms with Gasteiger partial charge in [0.1, 0.15) is 5.75 Å². The molecule has 1 saturated heterocycles. The predicted molar refractivity (Wildman–Crippen MR) is 71.7 cm³/mol. The number of carbonyl (C=O) groups excluding carboxylic acids is 2. The third kappa shape index (κ3) is 2.22. The molecule has 6 heteroatoms. The third-order valence-corrected chi connectivity index (χ3v) is 3.71. The lowest BCUT2D eigenvalue weighted by atomic mass is 10.1. The van der Waals surface area contributed by atoms with Crippen molar-refractivity contribution in [3.05, 3.63) is 23.8 Å². The zero-order chi connectivity index (χ0) is 14.1. The molecule has 2 aliphatic heterocycles.